The highest BCUT2D eigenvalue weighted by Gasteiger charge is 2.15. The highest BCUT2D eigenvalue weighted by molar-refractivity contribution is 4.98. The lowest BCUT2D eigenvalue weighted by molar-refractivity contribution is 0.284. The Labute approximate surface area is 49.4 Å². The van der Waals surface area contributed by atoms with E-state index < -0.39 is 6.17 Å². The molecule has 0 radical (unpaired) electrons. The molecular formula is C7H11F. The van der Waals surface area contributed by atoms with Gasteiger partial charge in [-0.25, -0.2) is 4.39 Å². The first-order chi connectivity index (χ1) is 3.80. The lowest BCUT2D eigenvalue weighted by Crippen LogP contribution is -2.05. The third kappa shape index (κ3) is 1.09. The molecule has 0 spiro atoms. The maximum atomic E-state index is 12.4. The summed E-state index contributed by atoms with van der Waals surface area (Å²) in [6.07, 6.45) is 5.47. The minimum Gasteiger partial charge on any atom is -0.247 e. The second-order valence-corrected chi connectivity index (χ2v) is 2.35. The molecule has 0 N–H and O–H groups in total. The highest BCUT2D eigenvalue weighted by atomic mass is 19.1. The van der Waals surface area contributed by atoms with E-state index in [1.165, 1.54) is 0 Å². The predicted octanol–water partition coefficient (Wildman–Crippen LogP) is 2.31. The minimum atomic E-state index is -0.645. The lowest BCUT2D eigenvalue weighted by atomic mass is 10.1. The second-order valence-electron chi connectivity index (χ2n) is 2.35. The molecule has 8 heavy (non-hydrogen) atoms. The molecule has 1 aliphatic carbocycles. The fourth-order valence-electron chi connectivity index (χ4n) is 1.04. The van der Waals surface area contributed by atoms with Gasteiger partial charge in [-0.05, 0) is 19.8 Å². The molecule has 1 rings (SSSR count). The van der Waals surface area contributed by atoms with E-state index in [-0.39, 0.29) is 5.92 Å². The molecule has 0 bridgehead atoms. The summed E-state index contributed by atoms with van der Waals surface area (Å²) < 4.78 is 12.4. The number of alkyl halides is 1. The van der Waals surface area contributed by atoms with Gasteiger partial charge in [0.15, 0.2) is 0 Å². The second kappa shape index (κ2) is 2.29. The quantitative estimate of drug-likeness (QED) is 0.459. The van der Waals surface area contributed by atoms with Crippen LogP contribution in [0.5, 0.6) is 0 Å². The molecule has 0 saturated carbocycles. The number of rotatable bonds is 1. The predicted molar refractivity (Wildman–Crippen MR) is 32.4 cm³/mol. The molecule has 2 atom stereocenters. The van der Waals surface area contributed by atoms with Crippen LogP contribution in [-0.4, -0.2) is 6.17 Å². The van der Waals surface area contributed by atoms with Crippen LogP contribution >= 0.6 is 0 Å². The van der Waals surface area contributed by atoms with Gasteiger partial charge in [0.25, 0.3) is 0 Å². The van der Waals surface area contributed by atoms with Crippen molar-refractivity contribution >= 4 is 0 Å². The van der Waals surface area contributed by atoms with Gasteiger partial charge in [-0.2, -0.15) is 0 Å². The zero-order valence-electron chi connectivity index (χ0n) is 5.10. The fourth-order valence-corrected chi connectivity index (χ4v) is 1.04. The SMILES string of the molecule is CC(F)[C@@H]1C=CCC1. The third-order valence-corrected chi connectivity index (χ3v) is 1.64. The van der Waals surface area contributed by atoms with Crippen molar-refractivity contribution in [3.8, 4) is 0 Å². The molecule has 0 aliphatic heterocycles. The Hall–Kier alpha value is -0.330. The van der Waals surface area contributed by atoms with Gasteiger partial charge in [0.1, 0.15) is 6.17 Å². The van der Waals surface area contributed by atoms with Gasteiger partial charge in [0, 0.05) is 5.92 Å². The first kappa shape index (κ1) is 5.80. The first-order valence-electron chi connectivity index (χ1n) is 3.11. The topological polar surface area (TPSA) is 0 Å². The van der Waals surface area contributed by atoms with Crippen LogP contribution < -0.4 is 0 Å². The van der Waals surface area contributed by atoms with Crippen LogP contribution in [0, 0.1) is 5.92 Å². The Morgan fingerprint density at radius 3 is 2.75 bits per heavy atom. The highest BCUT2D eigenvalue weighted by Crippen LogP contribution is 2.21. The Morgan fingerprint density at radius 1 is 1.75 bits per heavy atom. The Bertz CT molecular complexity index is 94.6. The molecule has 0 amide bonds. The summed E-state index contributed by atoms with van der Waals surface area (Å²) in [5, 5.41) is 0. The monoisotopic (exact) mass is 114 g/mol. The van der Waals surface area contributed by atoms with Crippen LogP contribution in [0.25, 0.3) is 0 Å². The van der Waals surface area contributed by atoms with Crippen molar-refractivity contribution in [2.24, 2.45) is 5.92 Å². The van der Waals surface area contributed by atoms with Crippen LogP contribution in [0.15, 0.2) is 12.2 Å². The van der Waals surface area contributed by atoms with Crippen molar-refractivity contribution < 1.29 is 4.39 Å². The average Bonchev–Trinajstić information content (AvgIpc) is 2.12. The molecule has 46 valence electrons. The summed E-state index contributed by atoms with van der Waals surface area (Å²) in [7, 11) is 0. The Morgan fingerprint density at radius 2 is 2.50 bits per heavy atom. The number of hydrogen-bond acceptors (Lipinski definition) is 0. The Balaban J connectivity index is 2.36. The molecule has 1 heteroatoms. The van der Waals surface area contributed by atoms with Gasteiger partial charge in [-0.1, -0.05) is 12.2 Å². The molecule has 0 fully saturated rings. The van der Waals surface area contributed by atoms with Gasteiger partial charge in [-0.15, -0.1) is 0 Å². The zero-order valence-corrected chi connectivity index (χ0v) is 5.10. The summed E-state index contributed by atoms with van der Waals surface area (Å²) in [6, 6.07) is 0. The summed E-state index contributed by atoms with van der Waals surface area (Å²) in [4.78, 5) is 0. The van der Waals surface area contributed by atoms with Crippen LogP contribution in [-0.2, 0) is 0 Å². The summed E-state index contributed by atoms with van der Waals surface area (Å²) in [6.45, 7) is 1.63. The molecule has 1 aliphatic rings. The summed E-state index contributed by atoms with van der Waals surface area (Å²) >= 11 is 0. The number of hydrogen-bond donors (Lipinski definition) is 0. The van der Waals surface area contributed by atoms with Gasteiger partial charge in [0.2, 0.25) is 0 Å². The van der Waals surface area contributed by atoms with E-state index in [1.54, 1.807) is 6.92 Å². The van der Waals surface area contributed by atoms with E-state index in [4.69, 9.17) is 0 Å². The molecule has 1 unspecified atom stereocenters. The van der Waals surface area contributed by atoms with E-state index in [2.05, 4.69) is 6.08 Å². The molecule has 0 heterocycles. The van der Waals surface area contributed by atoms with Gasteiger partial charge in [-0.3, -0.25) is 0 Å². The van der Waals surface area contributed by atoms with Crippen LogP contribution in [0.1, 0.15) is 19.8 Å². The zero-order chi connectivity index (χ0) is 5.98. The molecule has 0 nitrogen and oxygen atoms in total. The molecule has 0 saturated heterocycles. The molecular weight excluding hydrogens is 103 g/mol. The summed E-state index contributed by atoms with van der Waals surface area (Å²) in [5.74, 6) is 0.218. The average molecular weight is 114 g/mol. The van der Waals surface area contributed by atoms with Crippen molar-refractivity contribution in [2.75, 3.05) is 0 Å². The van der Waals surface area contributed by atoms with Crippen molar-refractivity contribution in [1.29, 1.82) is 0 Å². The Kier molecular flexibility index (Phi) is 1.66. The van der Waals surface area contributed by atoms with E-state index in [9.17, 15) is 4.39 Å². The van der Waals surface area contributed by atoms with Crippen molar-refractivity contribution in [3.05, 3.63) is 12.2 Å². The smallest absolute Gasteiger partial charge is 0.104 e. The minimum absolute atomic E-state index is 0.218. The standard InChI is InChI=1S/C7H11F/c1-6(8)7-4-2-3-5-7/h2,4,6-7H,3,5H2,1H3/t6?,7-/m1/s1. The van der Waals surface area contributed by atoms with Crippen molar-refractivity contribution in [3.63, 3.8) is 0 Å². The molecule has 0 aromatic heterocycles. The molecule has 0 aromatic carbocycles. The maximum Gasteiger partial charge on any atom is 0.104 e. The maximum absolute atomic E-state index is 12.4. The van der Waals surface area contributed by atoms with Gasteiger partial charge in [0.05, 0.1) is 0 Å². The van der Waals surface area contributed by atoms with E-state index >= 15 is 0 Å². The van der Waals surface area contributed by atoms with E-state index in [0.29, 0.717) is 0 Å². The third-order valence-electron chi connectivity index (χ3n) is 1.64. The van der Waals surface area contributed by atoms with Gasteiger partial charge >= 0.3 is 0 Å². The largest absolute Gasteiger partial charge is 0.247 e. The van der Waals surface area contributed by atoms with Crippen LogP contribution in [0.4, 0.5) is 4.39 Å². The van der Waals surface area contributed by atoms with Crippen LogP contribution in [0.3, 0.4) is 0 Å². The summed E-state index contributed by atoms with van der Waals surface area (Å²) in [5.41, 5.74) is 0. The fraction of sp³-hybridized carbons (Fsp3) is 0.714. The van der Waals surface area contributed by atoms with Gasteiger partial charge < -0.3 is 0 Å². The lowest BCUT2D eigenvalue weighted by Gasteiger charge is -2.06. The number of allylic oxidation sites excluding steroid dienone is 2. The van der Waals surface area contributed by atoms with E-state index in [1.807, 2.05) is 6.08 Å². The van der Waals surface area contributed by atoms with E-state index in [0.717, 1.165) is 12.8 Å². The number of halogens is 1. The normalized spacial score (nSPS) is 31.0. The molecule has 0 aromatic rings. The van der Waals surface area contributed by atoms with Crippen molar-refractivity contribution in [1.82, 2.24) is 0 Å². The van der Waals surface area contributed by atoms with Crippen LogP contribution in [0.2, 0.25) is 0 Å². The first-order valence-corrected chi connectivity index (χ1v) is 3.11. The van der Waals surface area contributed by atoms with Crippen molar-refractivity contribution in [2.45, 2.75) is 25.9 Å².